The molecule has 3 N–H and O–H groups in total. The summed E-state index contributed by atoms with van der Waals surface area (Å²) >= 11 is 0. The van der Waals surface area contributed by atoms with Crippen molar-refractivity contribution in [2.24, 2.45) is 5.92 Å². The maximum Gasteiger partial charge on any atom is 0.322 e. The van der Waals surface area contributed by atoms with Crippen LogP contribution in [-0.4, -0.2) is 42.8 Å². The van der Waals surface area contributed by atoms with Crippen LogP contribution in [0.4, 0.5) is 10.5 Å². The quantitative estimate of drug-likeness (QED) is 0.520. The van der Waals surface area contributed by atoms with Gasteiger partial charge in [0.1, 0.15) is 11.5 Å². The van der Waals surface area contributed by atoms with E-state index in [4.69, 9.17) is 4.74 Å². The van der Waals surface area contributed by atoms with Crippen molar-refractivity contribution in [2.45, 2.75) is 45.6 Å². The molecule has 0 atom stereocenters. The highest BCUT2D eigenvalue weighted by Gasteiger charge is 2.25. The number of amides is 2. The van der Waals surface area contributed by atoms with Gasteiger partial charge < -0.3 is 25.4 Å². The third-order valence-electron chi connectivity index (χ3n) is 5.81. The molecule has 2 aromatic carbocycles. The lowest BCUT2D eigenvalue weighted by Gasteiger charge is -2.31. The summed E-state index contributed by atoms with van der Waals surface area (Å²) in [5, 5.41) is 17.2. The molecule has 0 aromatic heterocycles. The number of ether oxygens (including phenoxy) is 1. The van der Waals surface area contributed by atoms with E-state index in [9.17, 15) is 9.90 Å². The van der Waals surface area contributed by atoms with Gasteiger partial charge in [0.15, 0.2) is 0 Å². The highest BCUT2D eigenvalue weighted by Crippen LogP contribution is 2.39. The fraction of sp³-hybridized carbons (Fsp3) is 0.480. The zero-order valence-electron chi connectivity index (χ0n) is 19.5. The minimum Gasteiger partial charge on any atom is -0.505 e. The van der Waals surface area contributed by atoms with E-state index < -0.39 is 0 Å². The first-order valence-corrected chi connectivity index (χ1v) is 11.0. The summed E-state index contributed by atoms with van der Waals surface area (Å²) < 4.78 is 5.42. The van der Waals surface area contributed by atoms with Crippen LogP contribution in [0.1, 0.15) is 44.7 Å². The van der Waals surface area contributed by atoms with Gasteiger partial charge in [-0.1, -0.05) is 51.1 Å². The van der Waals surface area contributed by atoms with E-state index in [-0.39, 0.29) is 29.6 Å². The molecular formula is C25H36ClN3O3. The van der Waals surface area contributed by atoms with Crippen molar-refractivity contribution < 1.29 is 14.6 Å². The standard InChI is InChI=1S/C25H35N3O3.ClH/c1-25(2,3)21-14-20(31-4)15-22(23(21)29)27-24(30)28(16-18-8-6-5-7-9-18)17-19-10-12-26-13-11-19;/h5-9,14-15,19,26,29H,10-13,16-17H2,1-4H3,(H,27,30);1H. The van der Waals surface area contributed by atoms with E-state index in [0.717, 1.165) is 37.1 Å². The molecule has 0 spiro atoms. The van der Waals surface area contributed by atoms with E-state index in [0.29, 0.717) is 30.4 Å². The first-order chi connectivity index (χ1) is 14.8. The zero-order chi connectivity index (χ0) is 22.4. The van der Waals surface area contributed by atoms with Crippen molar-refractivity contribution in [3.63, 3.8) is 0 Å². The molecule has 3 rings (SSSR count). The number of hydrogen-bond acceptors (Lipinski definition) is 4. The first kappa shape index (κ1) is 25.8. The second-order valence-electron chi connectivity index (χ2n) is 9.31. The Morgan fingerprint density at radius 3 is 2.44 bits per heavy atom. The fourth-order valence-electron chi connectivity index (χ4n) is 3.99. The number of methoxy groups -OCH3 is 1. The van der Waals surface area contributed by atoms with Crippen molar-refractivity contribution in [1.29, 1.82) is 0 Å². The van der Waals surface area contributed by atoms with Gasteiger partial charge in [-0.05, 0) is 48.9 Å². The number of halogens is 1. The number of benzene rings is 2. The van der Waals surface area contributed by atoms with Gasteiger partial charge in [0.05, 0.1) is 12.8 Å². The molecule has 0 aliphatic carbocycles. The molecule has 176 valence electrons. The maximum atomic E-state index is 13.4. The monoisotopic (exact) mass is 461 g/mol. The lowest BCUT2D eigenvalue weighted by atomic mass is 9.85. The molecule has 6 nitrogen and oxygen atoms in total. The smallest absolute Gasteiger partial charge is 0.322 e. The van der Waals surface area contributed by atoms with Crippen molar-refractivity contribution in [2.75, 3.05) is 32.1 Å². The van der Waals surface area contributed by atoms with E-state index >= 15 is 0 Å². The van der Waals surface area contributed by atoms with Crippen LogP contribution in [0.5, 0.6) is 11.5 Å². The number of carbonyl (C=O) groups excluding carboxylic acids is 1. The van der Waals surface area contributed by atoms with Gasteiger partial charge in [-0.3, -0.25) is 0 Å². The number of hydrogen-bond donors (Lipinski definition) is 3. The molecule has 1 fully saturated rings. The Hall–Kier alpha value is -2.44. The van der Waals surface area contributed by atoms with Crippen LogP contribution < -0.4 is 15.4 Å². The number of phenolic OH excluding ortho intramolecular Hbond substituents is 1. The summed E-state index contributed by atoms with van der Waals surface area (Å²) in [5.41, 5.74) is 1.89. The summed E-state index contributed by atoms with van der Waals surface area (Å²) in [4.78, 5) is 15.2. The van der Waals surface area contributed by atoms with Crippen molar-refractivity contribution in [3.05, 3.63) is 53.6 Å². The van der Waals surface area contributed by atoms with Crippen LogP contribution in [0.3, 0.4) is 0 Å². The second-order valence-corrected chi connectivity index (χ2v) is 9.31. The summed E-state index contributed by atoms with van der Waals surface area (Å²) in [6.07, 6.45) is 2.11. The van der Waals surface area contributed by atoms with E-state index in [1.165, 1.54) is 0 Å². The molecule has 7 heteroatoms. The summed E-state index contributed by atoms with van der Waals surface area (Å²) in [5.74, 6) is 1.15. The predicted molar refractivity (Wildman–Crippen MR) is 132 cm³/mol. The molecule has 0 radical (unpaired) electrons. The van der Waals surface area contributed by atoms with Gasteiger partial charge in [0, 0.05) is 24.7 Å². The minimum absolute atomic E-state index is 0. The SMILES string of the molecule is COc1cc(NC(=O)N(Cc2ccccc2)CC2CCNCC2)c(O)c(C(C)(C)C)c1.Cl. The second kappa shape index (κ2) is 11.4. The van der Waals surface area contributed by atoms with Crippen LogP contribution >= 0.6 is 12.4 Å². The van der Waals surface area contributed by atoms with Gasteiger partial charge in [0.2, 0.25) is 0 Å². The Balaban J connectivity index is 0.00000363. The Labute approximate surface area is 197 Å². The Morgan fingerprint density at radius 1 is 1.19 bits per heavy atom. The Kier molecular flexibility index (Phi) is 9.22. The van der Waals surface area contributed by atoms with Crippen LogP contribution in [0.15, 0.2) is 42.5 Å². The van der Waals surface area contributed by atoms with Crippen LogP contribution in [0.25, 0.3) is 0 Å². The molecule has 1 aliphatic heterocycles. The first-order valence-electron chi connectivity index (χ1n) is 11.0. The average molecular weight is 462 g/mol. The number of carbonyl (C=O) groups is 1. The van der Waals surface area contributed by atoms with E-state index in [1.807, 2.05) is 62.1 Å². The highest BCUT2D eigenvalue weighted by molar-refractivity contribution is 5.91. The van der Waals surface area contributed by atoms with Crippen molar-refractivity contribution >= 4 is 24.1 Å². The van der Waals surface area contributed by atoms with Crippen molar-refractivity contribution in [1.82, 2.24) is 10.2 Å². The largest absolute Gasteiger partial charge is 0.505 e. The van der Waals surface area contributed by atoms with Gasteiger partial charge in [-0.2, -0.15) is 0 Å². The number of aromatic hydroxyl groups is 1. The lowest BCUT2D eigenvalue weighted by molar-refractivity contribution is 0.189. The number of rotatable bonds is 6. The number of phenols is 1. The third kappa shape index (κ3) is 6.78. The number of nitrogens with one attached hydrogen (secondary N) is 2. The zero-order valence-corrected chi connectivity index (χ0v) is 20.3. The van der Waals surface area contributed by atoms with Crippen molar-refractivity contribution in [3.8, 4) is 11.5 Å². The van der Waals surface area contributed by atoms with Gasteiger partial charge in [-0.25, -0.2) is 4.79 Å². The summed E-state index contributed by atoms with van der Waals surface area (Å²) in [7, 11) is 1.59. The molecule has 1 saturated heterocycles. The molecule has 2 aromatic rings. The predicted octanol–water partition coefficient (Wildman–Crippen LogP) is 5.15. The number of urea groups is 1. The Morgan fingerprint density at radius 2 is 1.84 bits per heavy atom. The molecule has 0 unspecified atom stereocenters. The average Bonchev–Trinajstić information content (AvgIpc) is 2.75. The molecule has 32 heavy (non-hydrogen) atoms. The molecule has 0 bridgehead atoms. The minimum atomic E-state index is -0.295. The van der Waals surface area contributed by atoms with Crippen LogP contribution in [0.2, 0.25) is 0 Å². The lowest BCUT2D eigenvalue weighted by Crippen LogP contribution is -2.41. The topological polar surface area (TPSA) is 73.8 Å². The molecule has 0 saturated carbocycles. The summed E-state index contributed by atoms with van der Waals surface area (Å²) in [6, 6.07) is 13.3. The number of nitrogens with zero attached hydrogens (tertiary/aromatic N) is 1. The normalized spacial score (nSPS) is 14.4. The van der Waals surface area contributed by atoms with Gasteiger partial charge in [0.25, 0.3) is 0 Å². The van der Waals surface area contributed by atoms with Gasteiger partial charge in [-0.15, -0.1) is 12.4 Å². The fourth-order valence-corrected chi connectivity index (χ4v) is 3.99. The van der Waals surface area contributed by atoms with Crippen LogP contribution in [-0.2, 0) is 12.0 Å². The number of anilines is 1. The summed E-state index contributed by atoms with van der Waals surface area (Å²) in [6.45, 7) is 9.23. The van der Waals surface area contributed by atoms with Gasteiger partial charge >= 0.3 is 6.03 Å². The third-order valence-corrected chi connectivity index (χ3v) is 5.81. The molecule has 2 amide bonds. The number of piperidine rings is 1. The molecular weight excluding hydrogens is 426 g/mol. The molecule has 1 aliphatic rings. The maximum absolute atomic E-state index is 13.4. The molecule has 1 heterocycles. The van der Waals surface area contributed by atoms with E-state index in [2.05, 4.69) is 10.6 Å². The Bertz CT molecular complexity index is 878. The van der Waals surface area contributed by atoms with E-state index in [1.54, 1.807) is 13.2 Å². The highest BCUT2D eigenvalue weighted by atomic mass is 35.5. The van der Waals surface area contributed by atoms with Crippen LogP contribution in [0, 0.1) is 5.92 Å².